The maximum absolute atomic E-state index is 2.43. The van der Waals surface area contributed by atoms with Crippen molar-refractivity contribution in [1.82, 2.24) is 0 Å². The quantitative estimate of drug-likeness (QED) is 0.388. The number of rotatable bonds is 6. The Kier molecular flexibility index (Phi) is 7.86. The van der Waals surface area contributed by atoms with Gasteiger partial charge in [0.15, 0.2) is 0 Å². The van der Waals surface area contributed by atoms with Crippen LogP contribution in [0.1, 0.15) is 66.2 Å². The Balaban J connectivity index is 2.19. The van der Waals surface area contributed by atoms with E-state index in [0.29, 0.717) is 5.92 Å². The first-order valence-electron chi connectivity index (χ1n) is 8.08. The topological polar surface area (TPSA) is 0 Å². The average Bonchev–Trinajstić information content (AvgIpc) is 2.41. The van der Waals surface area contributed by atoms with Crippen LogP contribution in [0.25, 0.3) is 0 Å². The van der Waals surface area contributed by atoms with Crippen LogP contribution in [0.3, 0.4) is 0 Å². The molecule has 1 unspecified atom stereocenters. The average molecular weight is 260 g/mol. The maximum Gasteiger partial charge on any atom is -0.0227 e. The molecule has 0 aromatic rings. The molecule has 19 heavy (non-hydrogen) atoms. The fourth-order valence-corrected chi connectivity index (χ4v) is 2.71. The van der Waals surface area contributed by atoms with Crippen LogP contribution in [-0.2, 0) is 0 Å². The summed E-state index contributed by atoms with van der Waals surface area (Å²) in [5.41, 5.74) is 1.35. The molecule has 1 atom stereocenters. The summed E-state index contributed by atoms with van der Waals surface area (Å²) in [7, 11) is 0. The zero-order valence-electron chi connectivity index (χ0n) is 13.4. The first kappa shape index (κ1) is 16.3. The maximum atomic E-state index is 2.43. The van der Waals surface area contributed by atoms with Gasteiger partial charge in [-0.3, -0.25) is 0 Å². The summed E-state index contributed by atoms with van der Waals surface area (Å²) < 4.78 is 0. The molecule has 0 spiro atoms. The van der Waals surface area contributed by atoms with Crippen molar-refractivity contribution in [3.8, 4) is 0 Å². The van der Waals surface area contributed by atoms with Crippen LogP contribution in [-0.4, -0.2) is 0 Å². The van der Waals surface area contributed by atoms with Gasteiger partial charge in [0, 0.05) is 0 Å². The van der Waals surface area contributed by atoms with Gasteiger partial charge in [0.25, 0.3) is 0 Å². The molecule has 108 valence electrons. The van der Waals surface area contributed by atoms with Crippen molar-refractivity contribution in [3.05, 3.63) is 36.0 Å². The molecule has 0 radical (unpaired) electrons. The van der Waals surface area contributed by atoms with Gasteiger partial charge in [0.1, 0.15) is 0 Å². The largest absolute Gasteiger partial charge is 0.0880 e. The van der Waals surface area contributed by atoms with Gasteiger partial charge in [-0.15, -0.1) is 0 Å². The van der Waals surface area contributed by atoms with Gasteiger partial charge in [0.2, 0.25) is 0 Å². The van der Waals surface area contributed by atoms with E-state index in [-0.39, 0.29) is 0 Å². The van der Waals surface area contributed by atoms with Crippen LogP contribution in [0.15, 0.2) is 36.0 Å². The third kappa shape index (κ3) is 7.40. The Bertz CT molecular complexity index is 311. The third-order valence-electron chi connectivity index (χ3n) is 4.41. The van der Waals surface area contributed by atoms with E-state index in [1.54, 1.807) is 0 Å². The van der Waals surface area contributed by atoms with Gasteiger partial charge in [-0.25, -0.2) is 0 Å². The van der Waals surface area contributed by atoms with Crippen molar-refractivity contribution in [2.24, 2.45) is 17.8 Å². The molecule has 0 amide bonds. The molecule has 0 nitrogen and oxygen atoms in total. The standard InChI is InChI=1S/C19H32/c1-5-16(2)8-6-9-17(3)10-7-11-19-14-12-18(4)13-15-19/h5-8,10,17-19H,9,11-15H2,1-4H3/b8-6-,10-7-,16-5-. The van der Waals surface area contributed by atoms with E-state index >= 15 is 0 Å². The second kappa shape index (κ2) is 9.18. The predicted molar refractivity (Wildman–Crippen MR) is 87.2 cm³/mol. The Labute approximate surface area is 120 Å². The summed E-state index contributed by atoms with van der Waals surface area (Å²) in [4.78, 5) is 0. The first-order valence-corrected chi connectivity index (χ1v) is 8.08. The molecule has 0 saturated heterocycles. The Morgan fingerprint density at radius 2 is 1.84 bits per heavy atom. The van der Waals surface area contributed by atoms with Crippen LogP contribution in [0.2, 0.25) is 0 Å². The second-order valence-electron chi connectivity index (χ2n) is 6.44. The lowest BCUT2D eigenvalue weighted by molar-refractivity contribution is 0.292. The monoisotopic (exact) mass is 260 g/mol. The zero-order valence-corrected chi connectivity index (χ0v) is 13.4. The molecule has 0 heterocycles. The fourth-order valence-electron chi connectivity index (χ4n) is 2.71. The highest BCUT2D eigenvalue weighted by Crippen LogP contribution is 2.30. The lowest BCUT2D eigenvalue weighted by atomic mass is 9.81. The van der Waals surface area contributed by atoms with Crippen LogP contribution in [0.4, 0.5) is 0 Å². The Morgan fingerprint density at radius 1 is 1.16 bits per heavy atom. The molecule has 1 saturated carbocycles. The van der Waals surface area contributed by atoms with Crippen molar-refractivity contribution in [2.45, 2.75) is 66.2 Å². The van der Waals surface area contributed by atoms with E-state index in [4.69, 9.17) is 0 Å². The van der Waals surface area contributed by atoms with Gasteiger partial charge in [-0.05, 0) is 57.3 Å². The molecule has 1 rings (SSSR count). The van der Waals surface area contributed by atoms with Crippen molar-refractivity contribution < 1.29 is 0 Å². The summed E-state index contributed by atoms with van der Waals surface area (Å²) in [5, 5.41) is 0. The summed E-state index contributed by atoms with van der Waals surface area (Å²) in [6, 6.07) is 0. The molecule has 0 aromatic carbocycles. The molecule has 1 aliphatic carbocycles. The lowest BCUT2D eigenvalue weighted by Crippen LogP contribution is -2.11. The van der Waals surface area contributed by atoms with E-state index < -0.39 is 0 Å². The number of hydrogen-bond donors (Lipinski definition) is 0. The third-order valence-corrected chi connectivity index (χ3v) is 4.41. The highest BCUT2D eigenvalue weighted by Gasteiger charge is 2.16. The minimum absolute atomic E-state index is 0.670. The molecular weight excluding hydrogens is 228 g/mol. The van der Waals surface area contributed by atoms with E-state index in [2.05, 4.69) is 58.1 Å². The van der Waals surface area contributed by atoms with E-state index in [0.717, 1.165) is 18.3 Å². The van der Waals surface area contributed by atoms with Crippen LogP contribution < -0.4 is 0 Å². The number of hydrogen-bond acceptors (Lipinski definition) is 0. The smallest absolute Gasteiger partial charge is 0.0227 e. The molecular formula is C19H32. The fraction of sp³-hybridized carbons (Fsp3) is 0.684. The Hall–Kier alpha value is -0.780. The first-order chi connectivity index (χ1) is 9.11. The van der Waals surface area contributed by atoms with E-state index in [1.165, 1.54) is 37.7 Å². The molecule has 1 aliphatic rings. The molecule has 0 aliphatic heterocycles. The van der Waals surface area contributed by atoms with Crippen molar-refractivity contribution >= 4 is 0 Å². The SMILES string of the molecule is C/C=C(C)\C=C/CC(C)/C=C\CC1CCC(C)CC1. The van der Waals surface area contributed by atoms with Gasteiger partial charge < -0.3 is 0 Å². The normalized spacial score (nSPS) is 27.3. The summed E-state index contributed by atoms with van der Waals surface area (Å²) in [5.74, 6) is 2.60. The van der Waals surface area contributed by atoms with Crippen LogP contribution in [0.5, 0.6) is 0 Å². The summed E-state index contributed by atoms with van der Waals surface area (Å²) >= 11 is 0. The predicted octanol–water partition coefficient (Wildman–Crippen LogP) is 6.31. The molecule has 1 fully saturated rings. The molecule has 0 bridgehead atoms. The van der Waals surface area contributed by atoms with Gasteiger partial charge >= 0.3 is 0 Å². The molecule has 0 heteroatoms. The van der Waals surface area contributed by atoms with Crippen molar-refractivity contribution in [2.75, 3.05) is 0 Å². The van der Waals surface area contributed by atoms with Crippen molar-refractivity contribution in [3.63, 3.8) is 0 Å². The van der Waals surface area contributed by atoms with Gasteiger partial charge in [-0.1, -0.05) is 62.6 Å². The minimum Gasteiger partial charge on any atom is -0.0880 e. The highest BCUT2D eigenvalue weighted by molar-refractivity contribution is 5.14. The summed E-state index contributed by atoms with van der Waals surface area (Å²) in [6.07, 6.45) is 19.8. The van der Waals surface area contributed by atoms with Crippen LogP contribution >= 0.6 is 0 Å². The zero-order chi connectivity index (χ0) is 14.1. The number of allylic oxidation sites excluding steroid dienone is 6. The lowest BCUT2D eigenvalue weighted by Gasteiger charge is -2.25. The van der Waals surface area contributed by atoms with Gasteiger partial charge in [0.05, 0.1) is 0 Å². The van der Waals surface area contributed by atoms with Gasteiger partial charge in [-0.2, -0.15) is 0 Å². The second-order valence-corrected chi connectivity index (χ2v) is 6.44. The van der Waals surface area contributed by atoms with E-state index in [9.17, 15) is 0 Å². The van der Waals surface area contributed by atoms with E-state index in [1.807, 2.05) is 0 Å². The highest BCUT2D eigenvalue weighted by atomic mass is 14.2. The van der Waals surface area contributed by atoms with Crippen molar-refractivity contribution in [1.29, 1.82) is 0 Å². The summed E-state index contributed by atoms with van der Waals surface area (Å²) in [6.45, 7) is 8.96. The molecule has 0 aromatic heterocycles. The minimum atomic E-state index is 0.670. The van der Waals surface area contributed by atoms with Crippen LogP contribution in [0, 0.1) is 17.8 Å². The Morgan fingerprint density at radius 3 is 2.47 bits per heavy atom. The molecule has 0 N–H and O–H groups in total.